The van der Waals surface area contributed by atoms with E-state index in [1.807, 2.05) is 0 Å². The van der Waals surface area contributed by atoms with Crippen molar-refractivity contribution in [2.24, 2.45) is 0 Å². The van der Waals surface area contributed by atoms with Gasteiger partial charge in [-0.15, -0.1) is 0 Å². The van der Waals surface area contributed by atoms with Crippen LogP contribution >= 0.6 is 0 Å². The summed E-state index contributed by atoms with van der Waals surface area (Å²) < 4.78 is 8.57. The molecule has 0 saturated heterocycles. The molecule has 1 atom stereocenters. The van der Waals surface area contributed by atoms with Crippen molar-refractivity contribution in [2.75, 3.05) is 33.2 Å². The Kier molecular flexibility index (Phi) is 8.21. The average molecular weight is 197 g/mol. The van der Waals surface area contributed by atoms with Crippen molar-refractivity contribution in [1.82, 2.24) is 0 Å². The molecule has 6 heteroatoms. The highest BCUT2D eigenvalue weighted by Crippen LogP contribution is 1.87. The molecule has 0 spiro atoms. The molecule has 0 aromatic heterocycles. The molecule has 0 unspecified atom stereocenters. The Morgan fingerprint density at radius 3 is 2.15 bits per heavy atom. The van der Waals surface area contributed by atoms with Gasteiger partial charge in [-0.2, -0.15) is 0 Å². The van der Waals surface area contributed by atoms with Gasteiger partial charge in [0.1, 0.15) is 19.3 Å². The van der Waals surface area contributed by atoms with Crippen LogP contribution in [-0.2, 0) is 4.74 Å². The lowest BCUT2D eigenvalue weighted by Crippen LogP contribution is -2.29. The van der Waals surface area contributed by atoms with E-state index in [4.69, 9.17) is 25.2 Å². The zero-order chi connectivity index (χ0) is 10.1. The molecule has 0 amide bonds. The zero-order valence-electron chi connectivity index (χ0n) is 7.33. The van der Waals surface area contributed by atoms with Gasteiger partial charge in [-0.05, 0) is 0 Å². The molecule has 0 heterocycles. The van der Waals surface area contributed by atoms with E-state index in [0.717, 1.165) is 0 Å². The maximum absolute atomic E-state index is 8.82. The van der Waals surface area contributed by atoms with Crippen LogP contribution in [0.1, 0.15) is 0 Å². The van der Waals surface area contributed by atoms with E-state index in [-0.39, 0.29) is 33.2 Å². The smallest absolute Gasteiger partial charge is 0.254 e. The van der Waals surface area contributed by atoms with Gasteiger partial charge in [-0.3, -0.25) is 0 Å². The molecule has 0 aliphatic carbocycles. The van der Waals surface area contributed by atoms with E-state index < -0.39 is 12.2 Å². The Hall–Kier alpha value is -0.240. The highest BCUT2D eigenvalue weighted by atomic mass is 16.7. The molecular weight excluding hydrogens is 180 g/mol. The fourth-order valence-corrected chi connectivity index (χ4v) is 0.573. The minimum absolute atomic E-state index is 0.0103. The van der Waals surface area contributed by atoms with Gasteiger partial charge in [0.2, 0.25) is 6.10 Å². The summed E-state index contributed by atoms with van der Waals surface area (Å²) in [4.78, 5) is 0. The average Bonchev–Trinajstić information content (AvgIpc) is 2.18. The summed E-state index contributed by atoms with van der Waals surface area (Å²) in [7, 11) is 0. The number of aliphatic hydroxyl groups is 6. The molecule has 0 aliphatic rings. The Morgan fingerprint density at radius 1 is 1.08 bits per heavy atom. The standard InChI is InChI=1S/C7H16O6/c8-1-6(11)4-12-5-13-7(2-9)3-10/h6-11H,1-5H2/p+1/t6-/m1/s1. The first-order valence-electron chi connectivity index (χ1n) is 3.99. The van der Waals surface area contributed by atoms with Crippen LogP contribution in [0.3, 0.4) is 0 Å². The molecule has 6 nitrogen and oxygen atoms in total. The van der Waals surface area contributed by atoms with E-state index in [0.29, 0.717) is 0 Å². The SMILES string of the molecule is OCC(CO)[OH+]COC[C@H](O)CO. The van der Waals surface area contributed by atoms with E-state index in [1.165, 1.54) is 0 Å². The maximum atomic E-state index is 8.82. The lowest BCUT2D eigenvalue weighted by Gasteiger charge is -2.10. The summed E-state index contributed by atoms with van der Waals surface area (Å²) in [6.45, 7) is -0.847. The topological polar surface area (TPSA) is 103 Å². The van der Waals surface area contributed by atoms with Crippen LogP contribution in [0, 0.1) is 0 Å². The Bertz CT molecular complexity index is 105. The van der Waals surface area contributed by atoms with Crippen LogP contribution < -0.4 is 0 Å². The van der Waals surface area contributed by atoms with Crippen molar-refractivity contribution >= 4 is 0 Å². The van der Waals surface area contributed by atoms with Gasteiger partial charge in [-0.25, -0.2) is 0 Å². The molecule has 5 N–H and O–H groups in total. The first kappa shape index (κ1) is 12.8. The molecule has 0 bridgehead atoms. The third kappa shape index (κ3) is 6.88. The lowest BCUT2D eigenvalue weighted by atomic mass is 10.4. The number of ether oxygens (including phenoxy) is 2. The summed E-state index contributed by atoms with van der Waals surface area (Å²) in [6, 6.07) is 0. The minimum atomic E-state index is -0.906. The van der Waals surface area contributed by atoms with E-state index in [2.05, 4.69) is 4.74 Å². The second kappa shape index (κ2) is 8.36. The van der Waals surface area contributed by atoms with Gasteiger partial charge in [0.15, 0.2) is 0 Å². The summed E-state index contributed by atoms with van der Waals surface area (Å²) in [5.41, 5.74) is 0. The first-order chi connectivity index (χ1) is 6.24. The van der Waals surface area contributed by atoms with Crippen molar-refractivity contribution in [1.29, 1.82) is 0 Å². The zero-order valence-corrected chi connectivity index (χ0v) is 7.33. The quantitative estimate of drug-likeness (QED) is 0.191. The maximum Gasteiger partial charge on any atom is 0.254 e. The Labute approximate surface area is 76.3 Å². The van der Waals surface area contributed by atoms with Gasteiger partial charge in [0, 0.05) is 0 Å². The fourth-order valence-electron chi connectivity index (χ4n) is 0.573. The fraction of sp³-hybridized carbons (Fsp3) is 1.00. The monoisotopic (exact) mass is 197 g/mol. The molecule has 0 rings (SSSR count). The summed E-state index contributed by atoms with van der Waals surface area (Å²) in [6.07, 6.45) is -1.44. The van der Waals surface area contributed by atoms with Gasteiger partial charge in [-0.1, -0.05) is 0 Å². The number of aliphatic hydroxyl groups excluding tert-OH is 4. The lowest BCUT2D eigenvalue weighted by molar-refractivity contribution is -0.226. The van der Waals surface area contributed by atoms with Crippen LogP contribution in [-0.4, -0.2) is 70.6 Å². The number of hydrogen-bond donors (Lipinski definition) is 4. The van der Waals surface area contributed by atoms with Crippen molar-refractivity contribution < 1.29 is 29.9 Å². The Morgan fingerprint density at radius 2 is 1.69 bits per heavy atom. The molecule has 0 saturated carbocycles. The molecule has 0 aromatic carbocycles. The molecule has 0 radical (unpaired) electrons. The first-order valence-corrected chi connectivity index (χ1v) is 3.99. The highest BCUT2D eigenvalue weighted by molar-refractivity contribution is 4.49. The second-order valence-electron chi connectivity index (χ2n) is 2.54. The predicted octanol–water partition coefficient (Wildman–Crippen LogP) is -2.81. The number of rotatable bonds is 8. The molecule has 13 heavy (non-hydrogen) atoms. The van der Waals surface area contributed by atoms with Crippen LogP contribution in [0.5, 0.6) is 0 Å². The summed E-state index contributed by atoms with van der Waals surface area (Å²) in [5.74, 6) is 0. The van der Waals surface area contributed by atoms with Crippen molar-refractivity contribution in [3.8, 4) is 0 Å². The van der Waals surface area contributed by atoms with E-state index in [9.17, 15) is 0 Å². The largest absolute Gasteiger partial charge is 0.406 e. The van der Waals surface area contributed by atoms with Gasteiger partial charge in [0.25, 0.3) is 6.79 Å². The summed E-state index contributed by atoms with van der Waals surface area (Å²) in [5, 5.41) is 34.4. The van der Waals surface area contributed by atoms with Gasteiger partial charge in [0.05, 0.1) is 13.2 Å². The third-order valence-electron chi connectivity index (χ3n) is 1.37. The minimum Gasteiger partial charge on any atom is -0.406 e. The van der Waals surface area contributed by atoms with Crippen molar-refractivity contribution in [3.63, 3.8) is 0 Å². The molecule has 80 valence electrons. The van der Waals surface area contributed by atoms with Crippen LogP contribution in [0.15, 0.2) is 0 Å². The van der Waals surface area contributed by atoms with Crippen LogP contribution in [0.4, 0.5) is 0 Å². The number of hydrogen-bond acceptors (Lipinski definition) is 5. The molecular formula is C7H17O6+. The van der Waals surface area contributed by atoms with Crippen LogP contribution in [0.2, 0.25) is 0 Å². The molecule has 0 aliphatic heterocycles. The van der Waals surface area contributed by atoms with Crippen molar-refractivity contribution in [3.05, 3.63) is 0 Å². The van der Waals surface area contributed by atoms with E-state index in [1.54, 1.807) is 0 Å². The summed E-state index contributed by atoms with van der Waals surface area (Å²) >= 11 is 0. The van der Waals surface area contributed by atoms with Crippen molar-refractivity contribution in [2.45, 2.75) is 12.2 Å². The second-order valence-corrected chi connectivity index (χ2v) is 2.54. The highest BCUT2D eigenvalue weighted by Gasteiger charge is 2.10. The van der Waals surface area contributed by atoms with E-state index >= 15 is 0 Å². The van der Waals surface area contributed by atoms with Gasteiger partial charge < -0.3 is 29.9 Å². The van der Waals surface area contributed by atoms with Gasteiger partial charge >= 0.3 is 0 Å². The normalized spacial score (nSPS) is 13.6. The van der Waals surface area contributed by atoms with Crippen LogP contribution in [0.25, 0.3) is 0 Å². The molecule has 0 fully saturated rings. The molecule has 0 aromatic rings. The Balaban J connectivity index is 3.23. The predicted molar refractivity (Wildman–Crippen MR) is 44.1 cm³/mol. The third-order valence-corrected chi connectivity index (χ3v) is 1.37.